The highest BCUT2D eigenvalue weighted by Gasteiger charge is 2.25. The van der Waals surface area contributed by atoms with Crippen molar-refractivity contribution in [2.45, 2.75) is 17.7 Å². The van der Waals surface area contributed by atoms with Gasteiger partial charge in [-0.25, -0.2) is 8.42 Å². The van der Waals surface area contributed by atoms with Crippen molar-refractivity contribution in [3.63, 3.8) is 0 Å². The fourth-order valence-corrected chi connectivity index (χ4v) is 4.44. The van der Waals surface area contributed by atoms with Crippen LogP contribution in [0.25, 0.3) is 0 Å². The van der Waals surface area contributed by atoms with Gasteiger partial charge in [-0.05, 0) is 23.9 Å². The number of amides is 1. The molecule has 5 nitrogen and oxygen atoms in total. The van der Waals surface area contributed by atoms with E-state index in [-0.39, 0.29) is 16.7 Å². The monoisotopic (exact) mass is 352 g/mol. The summed E-state index contributed by atoms with van der Waals surface area (Å²) in [6.45, 7) is 2.72. The third-order valence-corrected chi connectivity index (χ3v) is 6.64. The van der Waals surface area contributed by atoms with Gasteiger partial charge in [0.05, 0.1) is 6.54 Å². The Morgan fingerprint density at radius 1 is 1.13 bits per heavy atom. The minimum absolute atomic E-state index is 0.166. The first kappa shape index (κ1) is 17.7. The molecule has 2 aromatic rings. The van der Waals surface area contributed by atoms with E-state index in [0.29, 0.717) is 13.1 Å². The largest absolute Gasteiger partial charge is 0.338 e. The van der Waals surface area contributed by atoms with Crippen LogP contribution < -0.4 is 0 Å². The van der Waals surface area contributed by atoms with Gasteiger partial charge in [-0.15, -0.1) is 11.3 Å². The summed E-state index contributed by atoms with van der Waals surface area (Å²) in [5.41, 5.74) is 1.02. The molecule has 0 radical (unpaired) electrons. The van der Waals surface area contributed by atoms with E-state index in [2.05, 4.69) is 0 Å². The van der Waals surface area contributed by atoms with Crippen LogP contribution in [0, 0.1) is 0 Å². The first-order valence-electron chi connectivity index (χ1n) is 7.26. The second-order valence-electron chi connectivity index (χ2n) is 5.09. The van der Waals surface area contributed by atoms with Gasteiger partial charge in [0.15, 0.2) is 0 Å². The Morgan fingerprint density at radius 2 is 1.83 bits per heavy atom. The van der Waals surface area contributed by atoms with E-state index in [1.54, 1.807) is 22.4 Å². The predicted octanol–water partition coefficient (Wildman–Crippen LogP) is 2.42. The summed E-state index contributed by atoms with van der Waals surface area (Å²) in [7, 11) is -2.17. The summed E-state index contributed by atoms with van der Waals surface area (Å²) in [6.07, 6.45) is 0. The number of carbonyl (C=O) groups is 1. The summed E-state index contributed by atoms with van der Waals surface area (Å²) in [6, 6.07) is 12.9. The van der Waals surface area contributed by atoms with Crippen LogP contribution in [0.2, 0.25) is 0 Å². The predicted molar refractivity (Wildman–Crippen MR) is 91.7 cm³/mol. The van der Waals surface area contributed by atoms with Crippen LogP contribution in [-0.2, 0) is 21.4 Å². The molecule has 7 heteroatoms. The molecule has 0 fully saturated rings. The van der Waals surface area contributed by atoms with Gasteiger partial charge in [-0.1, -0.05) is 36.4 Å². The topological polar surface area (TPSA) is 57.7 Å². The molecule has 0 N–H and O–H groups in total. The average molecular weight is 352 g/mol. The maximum atomic E-state index is 12.4. The second kappa shape index (κ2) is 7.72. The van der Waals surface area contributed by atoms with Crippen LogP contribution >= 0.6 is 11.3 Å². The number of thiophene rings is 1. The van der Waals surface area contributed by atoms with Gasteiger partial charge >= 0.3 is 0 Å². The number of carbonyl (C=O) groups excluding carboxylic acids is 1. The summed E-state index contributed by atoms with van der Waals surface area (Å²) < 4.78 is 26.1. The standard InChI is InChI=1S/C16H20N2O3S2/c1-3-18(12-14-8-5-4-6-9-14)15(19)13-17(2)23(20,21)16-10-7-11-22-16/h4-11H,3,12-13H2,1-2H3. The number of benzene rings is 1. The number of sulfonamides is 1. The van der Waals surface area contributed by atoms with Crippen LogP contribution in [0.4, 0.5) is 0 Å². The van der Waals surface area contributed by atoms with E-state index >= 15 is 0 Å². The van der Waals surface area contributed by atoms with E-state index in [4.69, 9.17) is 0 Å². The van der Waals surface area contributed by atoms with Gasteiger partial charge < -0.3 is 4.90 Å². The molecule has 0 atom stereocenters. The SMILES string of the molecule is CCN(Cc1ccccc1)C(=O)CN(C)S(=O)(=O)c1cccs1. The number of rotatable bonds is 7. The van der Waals surface area contributed by atoms with E-state index in [1.807, 2.05) is 37.3 Å². The highest BCUT2D eigenvalue weighted by Crippen LogP contribution is 2.19. The van der Waals surface area contributed by atoms with E-state index < -0.39 is 10.0 Å². The van der Waals surface area contributed by atoms with Crippen LogP contribution in [0.1, 0.15) is 12.5 Å². The molecule has 0 spiro atoms. The Hall–Kier alpha value is -1.70. The van der Waals surface area contributed by atoms with Crippen molar-refractivity contribution in [3.05, 3.63) is 53.4 Å². The summed E-state index contributed by atoms with van der Waals surface area (Å²) in [5.74, 6) is -0.209. The van der Waals surface area contributed by atoms with Gasteiger partial charge in [-0.3, -0.25) is 4.79 Å². The van der Waals surface area contributed by atoms with Gasteiger partial charge in [0.2, 0.25) is 5.91 Å². The van der Waals surface area contributed by atoms with Crippen molar-refractivity contribution >= 4 is 27.3 Å². The van der Waals surface area contributed by atoms with Crippen molar-refractivity contribution in [3.8, 4) is 0 Å². The van der Waals surface area contributed by atoms with Crippen LogP contribution in [0.15, 0.2) is 52.1 Å². The number of hydrogen-bond donors (Lipinski definition) is 0. The Kier molecular flexibility index (Phi) is 5.92. The molecule has 0 aliphatic heterocycles. The maximum Gasteiger partial charge on any atom is 0.252 e. The van der Waals surface area contributed by atoms with Gasteiger partial charge in [-0.2, -0.15) is 4.31 Å². The lowest BCUT2D eigenvalue weighted by Crippen LogP contribution is -2.40. The Bertz CT molecular complexity index is 728. The van der Waals surface area contributed by atoms with Crippen molar-refractivity contribution in [1.29, 1.82) is 0 Å². The van der Waals surface area contributed by atoms with Crippen molar-refractivity contribution < 1.29 is 13.2 Å². The molecule has 124 valence electrons. The maximum absolute atomic E-state index is 12.4. The number of hydrogen-bond acceptors (Lipinski definition) is 4. The first-order chi connectivity index (χ1) is 10.9. The van der Waals surface area contributed by atoms with Crippen molar-refractivity contribution in [2.24, 2.45) is 0 Å². The zero-order chi connectivity index (χ0) is 16.9. The Morgan fingerprint density at radius 3 is 2.39 bits per heavy atom. The third kappa shape index (κ3) is 4.40. The number of nitrogens with zero attached hydrogens (tertiary/aromatic N) is 2. The van der Waals surface area contributed by atoms with E-state index in [1.165, 1.54) is 7.05 Å². The highest BCUT2D eigenvalue weighted by atomic mass is 32.2. The normalized spacial score (nSPS) is 11.6. The average Bonchev–Trinajstić information content (AvgIpc) is 3.08. The molecular formula is C16H20N2O3S2. The lowest BCUT2D eigenvalue weighted by atomic mass is 10.2. The highest BCUT2D eigenvalue weighted by molar-refractivity contribution is 7.91. The quantitative estimate of drug-likeness (QED) is 0.769. The van der Waals surface area contributed by atoms with Crippen molar-refractivity contribution in [1.82, 2.24) is 9.21 Å². The minimum atomic E-state index is -3.60. The van der Waals surface area contributed by atoms with Gasteiger partial charge in [0.25, 0.3) is 10.0 Å². The molecular weight excluding hydrogens is 332 g/mol. The smallest absolute Gasteiger partial charge is 0.252 e. The molecule has 1 amide bonds. The molecule has 23 heavy (non-hydrogen) atoms. The summed E-state index contributed by atoms with van der Waals surface area (Å²) >= 11 is 1.15. The molecule has 1 heterocycles. The Balaban J connectivity index is 2.04. The molecule has 0 unspecified atom stereocenters. The van der Waals surface area contributed by atoms with Crippen LogP contribution in [0.3, 0.4) is 0 Å². The molecule has 0 saturated carbocycles. The van der Waals surface area contributed by atoms with E-state index in [9.17, 15) is 13.2 Å². The molecule has 2 rings (SSSR count). The zero-order valence-electron chi connectivity index (χ0n) is 13.2. The lowest BCUT2D eigenvalue weighted by Gasteiger charge is -2.24. The lowest BCUT2D eigenvalue weighted by molar-refractivity contribution is -0.131. The zero-order valence-corrected chi connectivity index (χ0v) is 14.8. The first-order valence-corrected chi connectivity index (χ1v) is 9.58. The molecule has 1 aromatic carbocycles. The molecule has 0 aliphatic carbocycles. The van der Waals surface area contributed by atoms with Crippen LogP contribution in [-0.4, -0.2) is 43.7 Å². The number of likely N-dealkylation sites (N-methyl/N-ethyl adjacent to an activating group) is 2. The minimum Gasteiger partial charge on any atom is -0.338 e. The molecule has 0 bridgehead atoms. The fraction of sp³-hybridized carbons (Fsp3) is 0.312. The van der Waals surface area contributed by atoms with Gasteiger partial charge in [0.1, 0.15) is 4.21 Å². The Labute approximate surface area is 141 Å². The van der Waals surface area contributed by atoms with Gasteiger partial charge in [0, 0.05) is 20.1 Å². The summed E-state index contributed by atoms with van der Waals surface area (Å²) in [4.78, 5) is 14.1. The second-order valence-corrected chi connectivity index (χ2v) is 8.31. The third-order valence-electron chi connectivity index (χ3n) is 3.47. The fourth-order valence-electron chi connectivity index (χ4n) is 2.12. The summed E-state index contributed by atoms with van der Waals surface area (Å²) in [5, 5.41) is 1.70. The van der Waals surface area contributed by atoms with Crippen LogP contribution in [0.5, 0.6) is 0 Å². The molecule has 0 saturated heterocycles. The van der Waals surface area contributed by atoms with Crippen molar-refractivity contribution in [2.75, 3.05) is 20.1 Å². The molecule has 1 aromatic heterocycles. The molecule has 0 aliphatic rings. The van der Waals surface area contributed by atoms with E-state index in [0.717, 1.165) is 21.2 Å².